The highest BCUT2D eigenvalue weighted by molar-refractivity contribution is 5.15. The van der Waals surface area contributed by atoms with Gasteiger partial charge in [-0.1, -0.05) is 26.7 Å². The molecule has 0 bridgehead atoms. The van der Waals surface area contributed by atoms with E-state index >= 15 is 0 Å². The second-order valence-corrected chi connectivity index (χ2v) is 10.7. The van der Waals surface area contributed by atoms with Gasteiger partial charge in [-0.15, -0.1) is 0 Å². The molecule has 1 aliphatic heterocycles. The van der Waals surface area contributed by atoms with Crippen LogP contribution < -0.4 is 0 Å². The first-order valence-corrected chi connectivity index (χ1v) is 10.9. The normalized spacial score (nSPS) is 57.1. The minimum absolute atomic E-state index is 0.189. The molecule has 136 valence electrons. The first-order valence-electron chi connectivity index (χ1n) is 10.9. The van der Waals surface area contributed by atoms with E-state index in [9.17, 15) is 5.11 Å². The van der Waals surface area contributed by atoms with Crippen molar-refractivity contribution in [2.24, 2.45) is 34.5 Å². The zero-order valence-corrected chi connectivity index (χ0v) is 15.9. The molecular formula is C22H37NO. The summed E-state index contributed by atoms with van der Waals surface area (Å²) >= 11 is 0. The van der Waals surface area contributed by atoms with Crippen LogP contribution in [0.25, 0.3) is 0 Å². The minimum atomic E-state index is -0.399. The number of hydrogen-bond donors (Lipinski definition) is 1. The molecule has 5 aliphatic rings. The van der Waals surface area contributed by atoms with Gasteiger partial charge in [0.05, 0.1) is 5.60 Å². The summed E-state index contributed by atoms with van der Waals surface area (Å²) in [7, 11) is 0. The van der Waals surface area contributed by atoms with Crippen molar-refractivity contribution in [2.45, 2.75) is 83.7 Å². The summed E-state index contributed by atoms with van der Waals surface area (Å²) < 4.78 is 0. The maximum atomic E-state index is 11.6. The van der Waals surface area contributed by atoms with Gasteiger partial charge >= 0.3 is 0 Å². The second kappa shape index (κ2) is 5.22. The quantitative estimate of drug-likeness (QED) is 0.755. The molecule has 1 saturated heterocycles. The van der Waals surface area contributed by atoms with Crippen molar-refractivity contribution in [3.8, 4) is 0 Å². The molecule has 7 atom stereocenters. The molecule has 4 aliphatic carbocycles. The van der Waals surface area contributed by atoms with E-state index in [4.69, 9.17) is 0 Å². The van der Waals surface area contributed by atoms with Gasteiger partial charge in [0.1, 0.15) is 0 Å². The molecule has 0 aromatic heterocycles. The molecule has 5 fully saturated rings. The Morgan fingerprint density at radius 1 is 0.875 bits per heavy atom. The molecular weight excluding hydrogens is 294 g/mol. The Kier molecular flexibility index (Phi) is 3.51. The summed E-state index contributed by atoms with van der Waals surface area (Å²) in [4.78, 5) is 2.46. The van der Waals surface area contributed by atoms with Gasteiger partial charge in [0.15, 0.2) is 0 Å². The van der Waals surface area contributed by atoms with Gasteiger partial charge < -0.3 is 5.11 Å². The molecule has 4 unspecified atom stereocenters. The first-order chi connectivity index (χ1) is 11.5. The molecule has 0 aromatic carbocycles. The Balaban J connectivity index is 1.43. The lowest BCUT2D eigenvalue weighted by Gasteiger charge is -2.61. The number of fused-ring (bicyclic) bond motifs is 5. The lowest BCUT2D eigenvalue weighted by Crippen LogP contribution is -2.57. The number of hydrogen-bond acceptors (Lipinski definition) is 2. The summed E-state index contributed by atoms with van der Waals surface area (Å²) in [6.07, 6.45) is 13.9. The van der Waals surface area contributed by atoms with E-state index in [1.165, 1.54) is 70.9 Å². The fourth-order valence-electron chi connectivity index (χ4n) is 8.26. The van der Waals surface area contributed by atoms with Crippen molar-refractivity contribution in [2.75, 3.05) is 19.6 Å². The van der Waals surface area contributed by atoms with Crippen LogP contribution in [0.3, 0.4) is 0 Å². The van der Waals surface area contributed by atoms with E-state index in [1.54, 1.807) is 0 Å². The fourth-order valence-corrected chi connectivity index (χ4v) is 8.26. The van der Waals surface area contributed by atoms with Crippen LogP contribution in [0, 0.1) is 34.5 Å². The largest absolute Gasteiger partial charge is 0.388 e. The topological polar surface area (TPSA) is 23.2 Å². The van der Waals surface area contributed by atoms with E-state index in [0.29, 0.717) is 5.41 Å². The van der Waals surface area contributed by atoms with Gasteiger partial charge in [-0.2, -0.15) is 0 Å². The van der Waals surface area contributed by atoms with E-state index in [2.05, 4.69) is 18.7 Å². The molecule has 0 radical (unpaired) electrons. The standard InChI is InChI=1S/C22H37NO/c1-20-10-4-3-5-16(20)6-7-17-18(20)8-11-21(2)19(17)9-12-22(21,24)15-23-13-14-23/h16-19,24H,3-15H2,1-2H3/t16?,17?,18?,19?,20-,21-,22+/m1/s1. The van der Waals surface area contributed by atoms with Crippen LogP contribution in [-0.2, 0) is 0 Å². The fraction of sp³-hybridized carbons (Fsp3) is 1.00. The average Bonchev–Trinajstić information content (AvgIpc) is 3.32. The molecule has 2 heteroatoms. The lowest BCUT2D eigenvalue weighted by molar-refractivity contribution is -0.153. The van der Waals surface area contributed by atoms with Crippen molar-refractivity contribution in [1.82, 2.24) is 4.90 Å². The smallest absolute Gasteiger partial charge is 0.0830 e. The molecule has 24 heavy (non-hydrogen) atoms. The Morgan fingerprint density at radius 2 is 1.67 bits per heavy atom. The van der Waals surface area contributed by atoms with Gasteiger partial charge in [0.2, 0.25) is 0 Å². The summed E-state index contributed by atoms with van der Waals surface area (Å²) in [6.45, 7) is 8.52. The number of aliphatic hydroxyl groups is 1. The summed E-state index contributed by atoms with van der Waals surface area (Å²) in [5, 5.41) is 11.6. The second-order valence-electron chi connectivity index (χ2n) is 10.7. The highest BCUT2D eigenvalue weighted by Crippen LogP contribution is 2.68. The molecule has 4 saturated carbocycles. The lowest BCUT2D eigenvalue weighted by atomic mass is 9.44. The maximum Gasteiger partial charge on any atom is 0.0830 e. The van der Waals surface area contributed by atoms with Gasteiger partial charge in [-0.25, -0.2) is 0 Å². The van der Waals surface area contributed by atoms with Gasteiger partial charge in [0.25, 0.3) is 0 Å². The van der Waals surface area contributed by atoms with Crippen LogP contribution in [-0.4, -0.2) is 35.2 Å². The molecule has 0 amide bonds. The van der Waals surface area contributed by atoms with Crippen molar-refractivity contribution in [1.29, 1.82) is 0 Å². The Labute approximate surface area is 148 Å². The van der Waals surface area contributed by atoms with Crippen LogP contribution in [0.1, 0.15) is 78.1 Å². The third-order valence-electron chi connectivity index (χ3n) is 9.93. The van der Waals surface area contributed by atoms with E-state index < -0.39 is 5.60 Å². The predicted molar refractivity (Wildman–Crippen MR) is 97.7 cm³/mol. The highest BCUT2D eigenvalue weighted by atomic mass is 16.3. The zero-order chi connectivity index (χ0) is 16.6. The summed E-state index contributed by atoms with van der Waals surface area (Å²) in [5.74, 6) is 3.67. The zero-order valence-electron chi connectivity index (χ0n) is 15.9. The van der Waals surface area contributed by atoms with Crippen molar-refractivity contribution in [3.05, 3.63) is 0 Å². The summed E-state index contributed by atoms with van der Waals surface area (Å²) in [6, 6.07) is 0. The highest BCUT2D eigenvalue weighted by Gasteiger charge is 2.64. The van der Waals surface area contributed by atoms with Crippen molar-refractivity contribution < 1.29 is 5.11 Å². The van der Waals surface area contributed by atoms with E-state index in [0.717, 1.165) is 36.6 Å². The Morgan fingerprint density at radius 3 is 2.46 bits per heavy atom. The molecule has 2 nitrogen and oxygen atoms in total. The monoisotopic (exact) mass is 331 g/mol. The number of rotatable bonds is 2. The number of β-amino-alcohol motifs (C(OH)–C–C–N with tert-alkyl or cyclic N) is 1. The molecule has 0 spiro atoms. The van der Waals surface area contributed by atoms with Crippen LogP contribution in [0.5, 0.6) is 0 Å². The van der Waals surface area contributed by atoms with E-state index in [1.807, 2.05) is 0 Å². The molecule has 1 N–H and O–H groups in total. The molecule has 5 rings (SSSR count). The Hall–Kier alpha value is -0.0800. The molecule has 0 aromatic rings. The minimum Gasteiger partial charge on any atom is -0.388 e. The third kappa shape index (κ3) is 2.08. The van der Waals surface area contributed by atoms with Crippen LogP contribution in [0.15, 0.2) is 0 Å². The first kappa shape index (κ1) is 16.1. The van der Waals surface area contributed by atoms with Crippen molar-refractivity contribution >= 4 is 0 Å². The van der Waals surface area contributed by atoms with Crippen molar-refractivity contribution in [3.63, 3.8) is 0 Å². The molecule has 1 heterocycles. The predicted octanol–water partition coefficient (Wildman–Crippen LogP) is 4.47. The van der Waals surface area contributed by atoms with E-state index in [-0.39, 0.29) is 5.41 Å². The van der Waals surface area contributed by atoms with Gasteiger partial charge in [-0.05, 0) is 80.5 Å². The average molecular weight is 332 g/mol. The summed E-state index contributed by atoms with van der Waals surface area (Å²) in [5.41, 5.74) is 0.418. The van der Waals surface area contributed by atoms with Gasteiger partial charge in [-0.3, -0.25) is 4.90 Å². The van der Waals surface area contributed by atoms with Crippen LogP contribution in [0.4, 0.5) is 0 Å². The van der Waals surface area contributed by atoms with Crippen LogP contribution >= 0.6 is 0 Å². The maximum absolute atomic E-state index is 11.6. The van der Waals surface area contributed by atoms with Crippen LogP contribution in [0.2, 0.25) is 0 Å². The number of nitrogens with zero attached hydrogens (tertiary/aromatic N) is 1. The third-order valence-corrected chi connectivity index (χ3v) is 9.93. The van der Waals surface area contributed by atoms with Gasteiger partial charge in [0, 0.05) is 25.0 Å². The SMILES string of the molecule is C[C@@]12CCCCC1CCC1C2CC[C@]2(C)C1CC[C@]2(O)CN1CC1. The Bertz CT molecular complexity index is 516.